The van der Waals surface area contributed by atoms with Gasteiger partial charge in [-0.2, -0.15) is 0 Å². The van der Waals surface area contributed by atoms with Crippen LogP contribution >= 0.6 is 0 Å². The van der Waals surface area contributed by atoms with E-state index in [0.29, 0.717) is 11.8 Å². The normalized spacial score (nSPS) is 11.3. The molecule has 16 rings (SSSR count). The summed E-state index contributed by atoms with van der Waals surface area (Å²) in [4.78, 5) is 36.0. The molecule has 0 bridgehead atoms. The Morgan fingerprint density at radius 3 is 0.585 bits per heavy atom. The maximum atomic E-state index is 4.69. The van der Waals surface area contributed by atoms with Crippen molar-refractivity contribution in [1.29, 1.82) is 0 Å². The summed E-state index contributed by atoms with van der Waals surface area (Å²) in [5, 5.41) is 11.7. The van der Waals surface area contributed by atoms with E-state index in [4.69, 9.17) is 0 Å². The van der Waals surface area contributed by atoms with Gasteiger partial charge in [-0.15, -0.1) is 284 Å². The first-order valence-electron chi connectivity index (χ1n) is 48.6. The van der Waals surface area contributed by atoms with Gasteiger partial charge in [0.05, 0.1) is 64.6 Å². The van der Waals surface area contributed by atoms with Gasteiger partial charge in [-0.3, -0.25) is 0 Å². The largest absolute Gasteiger partial charge is 0.305 e. The summed E-state index contributed by atoms with van der Waals surface area (Å²) in [6, 6.07) is 117. The van der Waals surface area contributed by atoms with Crippen molar-refractivity contribution in [1.82, 2.24) is 39.9 Å². The van der Waals surface area contributed by atoms with Crippen LogP contribution in [0.4, 0.5) is 0 Å². The number of rotatable bonds is 20. The molecule has 0 amide bonds. The van der Waals surface area contributed by atoms with Gasteiger partial charge < -0.3 is 39.9 Å². The fourth-order valence-electron chi connectivity index (χ4n) is 15.5. The van der Waals surface area contributed by atoms with E-state index in [1.54, 1.807) is 0 Å². The third-order valence-electron chi connectivity index (χ3n) is 23.1. The number of hydrogen-bond donors (Lipinski definition) is 0. The molecule has 0 N–H and O–H groups in total. The summed E-state index contributed by atoms with van der Waals surface area (Å²) in [5.74, 6) is 1.33. The topological polar surface area (TPSA) is 103 Å². The number of pyridine rings is 8. The average Bonchev–Trinajstić information content (AvgIpc) is 0.801. The molecule has 0 atom stereocenters. The molecular formula is C122H148Ir4N8Si8-8. The second-order valence-corrected chi connectivity index (χ2v) is 84.8. The Kier molecular flexibility index (Phi) is 50.0. The van der Waals surface area contributed by atoms with Crippen LogP contribution in [-0.4, -0.2) is 104 Å². The molecular weight excluding hydrogens is 2570 g/mol. The molecule has 0 aliphatic carbocycles. The zero-order valence-electron chi connectivity index (χ0n) is 89.5. The molecule has 0 saturated carbocycles. The van der Waals surface area contributed by atoms with Gasteiger partial charge in [0, 0.05) is 130 Å². The third-order valence-corrected chi connectivity index (χ3v) is 39.6. The van der Waals surface area contributed by atoms with Crippen LogP contribution in [0.2, 0.25) is 157 Å². The van der Waals surface area contributed by atoms with Crippen LogP contribution in [0.25, 0.3) is 90.1 Å². The Balaban J connectivity index is 0.000000285. The van der Waals surface area contributed by atoms with Crippen LogP contribution in [0.5, 0.6) is 0 Å². The molecule has 20 heteroatoms. The van der Waals surface area contributed by atoms with E-state index in [1.807, 2.05) is 195 Å². The van der Waals surface area contributed by atoms with Crippen LogP contribution in [0, 0.1) is 74.2 Å². The second kappa shape index (κ2) is 57.4. The van der Waals surface area contributed by atoms with Crippen LogP contribution in [-0.2, 0) is 93.3 Å². The van der Waals surface area contributed by atoms with Crippen molar-refractivity contribution < 1.29 is 80.4 Å². The minimum absolute atomic E-state index is 0. The minimum atomic E-state index is -1.34. The fourth-order valence-corrected chi connectivity index (χ4v) is 26.7. The Labute approximate surface area is 917 Å². The predicted molar refractivity (Wildman–Crippen MR) is 618 cm³/mol. The molecule has 0 fully saturated rings. The van der Waals surface area contributed by atoms with Crippen molar-refractivity contribution in [3.05, 3.63) is 387 Å². The molecule has 142 heavy (non-hydrogen) atoms. The molecule has 16 aromatic rings. The first-order chi connectivity index (χ1) is 65.0. The first-order valence-corrected chi connectivity index (χ1v) is 76.6. The van der Waals surface area contributed by atoms with Crippen LogP contribution in [0.15, 0.2) is 316 Å². The maximum absolute atomic E-state index is 4.69. The average molecular weight is 2720 g/mol. The van der Waals surface area contributed by atoms with Crippen molar-refractivity contribution in [2.75, 3.05) is 0 Å². The summed E-state index contributed by atoms with van der Waals surface area (Å²) < 4.78 is 0. The van der Waals surface area contributed by atoms with Crippen molar-refractivity contribution in [3.63, 3.8) is 0 Å². The van der Waals surface area contributed by atoms with Crippen LogP contribution < -0.4 is 41.5 Å². The van der Waals surface area contributed by atoms with E-state index >= 15 is 0 Å². The van der Waals surface area contributed by atoms with Gasteiger partial charge in [0.1, 0.15) is 0 Å². The first kappa shape index (κ1) is 124. The summed E-state index contributed by atoms with van der Waals surface area (Å²) >= 11 is 0. The van der Waals surface area contributed by atoms with Crippen LogP contribution in [0.3, 0.4) is 0 Å². The summed E-state index contributed by atoms with van der Waals surface area (Å²) in [6.45, 7) is 70.2. The molecule has 8 nitrogen and oxygen atoms in total. The zero-order chi connectivity index (χ0) is 101. The SMILES string of the molecule is CC(C)Cc1cc(-c2[c-]cccc2)ncc1[Si](C)(C)C.CC(C)Cc1cc(-c2[c-]cccc2)ncc1[Si](C)(C)C.C[Si](C)(C)c1cc[c-]c(-c2ccccn2)c1.C[Si](C)(C)c1cc[c-]c(-c2ccccn2)c1.C[Si](C)(C)c1cc[c-]c(-c2ccccn2)c1.C[Si](C)(C)c1cc[c-]c(-c2ccccn2)c1.Cc1cc(-c2[c-]cccc2)ncc1[Si](C)(C)C.Cc1cc(-c2[c-]cccc2)ncc1[Si](C)(C)C.[Ir].[Ir].[Ir].[Ir]. The summed E-state index contributed by atoms with van der Waals surface area (Å²) in [5.41, 5.74) is 22.5. The number of hydrogen-bond acceptors (Lipinski definition) is 8. The Morgan fingerprint density at radius 2 is 0.408 bits per heavy atom. The van der Waals surface area contributed by atoms with E-state index in [0.717, 1.165) is 103 Å². The fraction of sp³-hybridized carbons (Fsp3) is 0.279. The van der Waals surface area contributed by atoms with Crippen LogP contribution in [0.1, 0.15) is 49.9 Å². The molecule has 0 aliphatic heterocycles. The van der Waals surface area contributed by atoms with Crippen molar-refractivity contribution >= 4 is 106 Å². The van der Waals surface area contributed by atoms with Crippen molar-refractivity contribution in [3.8, 4) is 90.1 Å². The van der Waals surface area contributed by atoms with Crippen molar-refractivity contribution in [2.45, 2.75) is 212 Å². The van der Waals surface area contributed by atoms with E-state index < -0.39 is 64.6 Å². The Morgan fingerprint density at radius 1 is 0.204 bits per heavy atom. The third kappa shape index (κ3) is 40.3. The van der Waals surface area contributed by atoms with Gasteiger partial charge in [-0.05, 0) is 129 Å². The van der Waals surface area contributed by atoms with Gasteiger partial charge >= 0.3 is 0 Å². The minimum Gasteiger partial charge on any atom is -0.305 e. The quantitative estimate of drug-likeness (QED) is 0.0549. The van der Waals surface area contributed by atoms with Gasteiger partial charge in [0.25, 0.3) is 0 Å². The van der Waals surface area contributed by atoms with E-state index in [1.165, 1.54) is 63.7 Å². The van der Waals surface area contributed by atoms with Crippen molar-refractivity contribution in [2.24, 2.45) is 11.8 Å². The van der Waals surface area contributed by atoms with Gasteiger partial charge in [-0.25, -0.2) is 0 Å². The maximum Gasteiger partial charge on any atom is 0.0798 e. The predicted octanol–water partition coefficient (Wildman–Crippen LogP) is 27.8. The molecule has 8 heterocycles. The summed E-state index contributed by atoms with van der Waals surface area (Å²) in [7, 11) is -10.2. The van der Waals surface area contributed by atoms with Gasteiger partial charge in [0.15, 0.2) is 0 Å². The standard InChI is InChI=1S/2C18H24NSi.2C15H18NSi.4C14H16NSi.4Ir/c2*1-14(2)11-16-12-17(15-9-7-6-8-10-15)19-13-18(16)20(3,4)5;2*1-12-10-14(13-8-6-5-7-9-13)16-11-15(12)17(2,3)4;4*1-16(2,3)13-8-6-7-12(11-13)14-9-4-5-10-15-14;;;;/h2*6-9,12-14H,11H2,1-5H3;2*5-8,10-11H,1-4H3;4*4-6,8-11H,1-3H3;;;;/q8*-1;;;;. The molecule has 0 unspecified atom stereocenters. The molecule has 0 spiro atoms. The molecule has 8 aromatic carbocycles. The number of benzene rings is 8. The Hall–Kier alpha value is -8.71. The second-order valence-electron chi connectivity index (χ2n) is 44.3. The molecule has 0 saturated heterocycles. The zero-order valence-corrected chi connectivity index (χ0v) is 107. The van der Waals surface area contributed by atoms with E-state index in [-0.39, 0.29) is 80.4 Å². The van der Waals surface area contributed by atoms with Gasteiger partial charge in [-0.1, -0.05) is 280 Å². The van der Waals surface area contributed by atoms with E-state index in [9.17, 15) is 0 Å². The molecule has 0 aliphatic rings. The molecule has 4 radical (unpaired) electrons. The smallest absolute Gasteiger partial charge is 0.0798 e. The number of nitrogens with zero attached hydrogens (tertiary/aromatic N) is 8. The number of aryl methyl sites for hydroxylation is 2. The Bertz CT molecular complexity index is 5840. The summed E-state index contributed by atoms with van der Waals surface area (Å²) in [6.07, 6.45) is 17.9. The number of aromatic nitrogens is 8. The molecule has 752 valence electrons. The van der Waals surface area contributed by atoms with E-state index in [2.05, 4.69) is 409 Å². The molecule has 8 aromatic heterocycles. The monoisotopic (exact) mass is 2720 g/mol. The van der Waals surface area contributed by atoms with Gasteiger partial charge in [0.2, 0.25) is 0 Å².